The molecule has 0 unspecified atom stereocenters. The number of methoxy groups -OCH3 is 1. The number of thiazole rings is 1. The summed E-state index contributed by atoms with van der Waals surface area (Å²) in [4.78, 5) is 29.4. The van der Waals surface area contributed by atoms with Crippen molar-refractivity contribution in [1.82, 2.24) is 14.6 Å². The Labute approximate surface area is 182 Å². The van der Waals surface area contributed by atoms with Gasteiger partial charge in [-0.15, -0.1) is 11.3 Å². The molecule has 162 valence electrons. The van der Waals surface area contributed by atoms with Crippen LogP contribution in [0.2, 0.25) is 0 Å². The number of amides is 2. The van der Waals surface area contributed by atoms with Crippen molar-refractivity contribution >= 4 is 49.8 Å². The van der Waals surface area contributed by atoms with Crippen LogP contribution in [-0.2, 0) is 27.7 Å². The first-order valence-corrected chi connectivity index (χ1v) is 12.7. The van der Waals surface area contributed by atoms with Crippen molar-refractivity contribution in [3.8, 4) is 0 Å². The molecular formula is C18H22N4O5S3. The van der Waals surface area contributed by atoms with E-state index in [4.69, 9.17) is 4.74 Å². The zero-order chi connectivity index (χ0) is 21.3. The smallest absolute Gasteiger partial charge is 0.349 e. The number of nitrogens with zero attached hydrogens (tertiary/aromatic N) is 2. The zero-order valence-corrected chi connectivity index (χ0v) is 18.8. The number of thiophene rings is 1. The number of aromatic nitrogens is 1. The molecule has 3 heterocycles. The number of hydrogen-bond donors (Lipinski definition) is 2. The highest BCUT2D eigenvalue weighted by molar-refractivity contribution is 7.89. The summed E-state index contributed by atoms with van der Waals surface area (Å²) in [6.45, 7) is 0.404. The van der Waals surface area contributed by atoms with E-state index in [1.54, 1.807) is 5.38 Å². The summed E-state index contributed by atoms with van der Waals surface area (Å²) in [6, 6.07) is 1.35. The highest BCUT2D eigenvalue weighted by atomic mass is 32.2. The van der Waals surface area contributed by atoms with E-state index in [1.807, 2.05) is 0 Å². The predicted molar refractivity (Wildman–Crippen MR) is 113 cm³/mol. The molecule has 12 heteroatoms. The molecule has 4 rings (SSSR count). The molecule has 0 aromatic carbocycles. The topological polar surface area (TPSA) is 118 Å². The van der Waals surface area contributed by atoms with E-state index in [9.17, 15) is 18.0 Å². The van der Waals surface area contributed by atoms with E-state index in [0.29, 0.717) is 11.6 Å². The minimum atomic E-state index is -3.85. The maximum absolute atomic E-state index is 13.1. The SMILES string of the molecule is COC(=O)c1sccc1S(=O)(=O)N1CCc2nc(NC(=O)NC3CCCC3)sc2C1. The van der Waals surface area contributed by atoms with Gasteiger partial charge in [-0.1, -0.05) is 24.2 Å². The van der Waals surface area contributed by atoms with Gasteiger partial charge in [0.25, 0.3) is 0 Å². The van der Waals surface area contributed by atoms with Crippen LogP contribution in [0.5, 0.6) is 0 Å². The molecule has 2 N–H and O–H groups in total. The molecule has 1 aliphatic heterocycles. The van der Waals surface area contributed by atoms with Gasteiger partial charge < -0.3 is 10.1 Å². The Balaban J connectivity index is 1.46. The molecule has 2 aromatic rings. The van der Waals surface area contributed by atoms with E-state index in [-0.39, 0.29) is 34.9 Å². The third-order valence-electron chi connectivity index (χ3n) is 5.22. The lowest BCUT2D eigenvalue weighted by Crippen LogP contribution is -2.36. The molecule has 0 saturated heterocycles. The van der Waals surface area contributed by atoms with Crippen molar-refractivity contribution in [3.63, 3.8) is 0 Å². The molecule has 2 aromatic heterocycles. The summed E-state index contributed by atoms with van der Waals surface area (Å²) in [5.41, 5.74) is 0.793. The van der Waals surface area contributed by atoms with Gasteiger partial charge in [0, 0.05) is 23.9 Å². The van der Waals surface area contributed by atoms with Gasteiger partial charge in [0.2, 0.25) is 10.0 Å². The van der Waals surface area contributed by atoms with Crippen LogP contribution in [-0.4, -0.2) is 49.4 Å². The monoisotopic (exact) mass is 470 g/mol. The third kappa shape index (κ3) is 4.22. The van der Waals surface area contributed by atoms with Crippen LogP contribution in [0.15, 0.2) is 16.3 Å². The number of esters is 1. The molecule has 2 aliphatic rings. The minimum Gasteiger partial charge on any atom is -0.465 e. The normalized spacial score (nSPS) is 17.5. The molecule has 0 bridgehead atoms. The first-order chi connectivity index (χ1) is 14.4. The fraction of sp³-hybridized carbons (Fsp3) is 0.500. The molecule has 1 fully saturated rings. The number of sulfonamides is 1. The van der Waals surface area contributed by atoms with Gasteiger partial charge >= 0.3 is 12.0 Å². The largest absolute Gasteiger partial charge is 0.465 e. The Bertz CT molecular complexity index is 1060. The Kier molecular flexibility index (Phi) is 6.09. The van der Waals surface area contributed by atoms with Gasteiger partial charge in [-0.3, -0.25) is 5.32 Å². The minimum absolute atomic E-state index is 0.0402. The maximum Gasteiger partial charge on any atom is 0.349 e. The number of rotatable bonds is 5. The zero-order valence-electron chi connectivity index (χ0n) is 16.3. The summed E-state index contributed by atoms with van der Waals surface area (Å²) in [6.07, 6.45) is 4.68. The summed E-state index contributed by atoms with van der Waals surface area (Å²) in [5, 5.41) is 7.74. The van der Waals surface area contributed by atoms with E-state index in [0.717, 1.165) is 47.6 Å². The van der Waals surface area contributed by atoms with Gasteiger partial charge in [0.15, 0.2) is 5.13 Å². The van der Waals surface area contributed by atoms with Crippen LogP contribution in [0.1, 0.15) is 45.9 Å². The Morgan fingerprint density at radius 1 is 1.30 bits per heavy atom. The van der Waals surface area contributed by atoms with Crippen molar-refractivity contribution in [2.24, 2.45) is 0 Å². The Morgan fingerprint density at radius 2 is 2.07 bits per heavy atom. The van der Waals surface area contributed by atoms with Gasteiger partial charge in [-0.25, -0.2) is 23.0 Å². The highest BCUT2D eigenvalue weighted by Crippen LogP contribution is 2.33. The van der Waals surface area contributed by atoms with Crippen LogP contribution < -0.4 is 10.6 Å². The number of carbonyl (C=O) groups excluding carboxylic acids is 2. The van der Waals surface area contributed by atoms with E-state index < -0.39 is 16.0 Å². The van der Waals surface area contributed by atoms with Crippen LogP contribution in [0.4, 0.5) is 9.93 Å². The van der Waals surface area contributed by atoms with Gasteiger partial charge in [-0.2, -0.15) is 4.31 Å². The number of carbonyl (C=O) groups is 2. The van der Waals surface area contributed by atoms with E-state index in [2.05, 4.69) is 15.6 Å². The molecular weight excluding hydrogens is 448 g/mol. The van der Waals surface area contributed by atoms with Crippen molar-refractivity contribution in [2.75, 3.05) is 19.0 Å². The Hall–Kier alpha value is -2.02. The van der Waals surface area contributed by atoms with Crippen molar-refractivity contribution < 1.29 is 22.7 Å². The second kappa shape index (κ2) is 8.61. The average Bonchev–Trinajstić information content (AvgIpc) is 3.46. The highest BCUT2D eigenvalue weighted by Gasteiger charge is 2.34. The first-order valence-electron chi connectivity index (χ1n) is 9.60. The number of ether oxygens (including phenoxy) is 1. The standard InChI is InChI=1S/C18H22N4O5S3/c1-27-16(23)15-14(7-9-28-15)30(25,26)22-8-6-12-13(10-22)29-18(20-12)21-17(24)19-11-4-2-3-5-11/h7,9,11H,2-6,8,10H2,1H3,(H2,19,20,21,24). The van der Waals surface area contributed by atoms with Crippen LogP contribution in [0.25, 0.3) is 0 Å². The maximum atomic E-state index is 13.1. The van der Waals surface area contributed by atoms with Crippen LogP contribution in [0.3, 0.4) is 0 Å². The molecule has 2 amide bonds. The first kappa shape index (κ1) is 21.2. The fourth-order valence-electron chi connectivity index (χ4n) is 3.70. The summed E-state index contributed by atoms with van der Waals surface area (Å²) in [7, 11) is -2.63. The summed E-state index contributed by atoms with van der Waals surface area (Å²) >= 11 is 2.31. The predicted octanol–water partition coefficient (Wildman–Crippen LogP) is 2.80. The Morgan fingerprint density at radius 3 is 2.80 bits per heavy atom. The lowest BCUT2D eigenvalue weighted by molar-refractivity contribution is 0.0602. The van der Waals surface area contributed by atoms with Crippen molar-refractivity contribution in [2.45, 2.75) is 49.6 Å². The number of urea groups is 1. The molecule has 0 radical (unpaired) electrons. The van der Waals surface area contributed by atoms with Crippen LogP contribution in [0, 0.1) is 0 Å². The lowest BCUT2D eigenvalue weighted by Gasteiger charge is -2.25. The molecule has 30 heavy (non-hydrogen) atoms. The van der Waals surface area contributed by atoms with Crippen LogP contribution >= 0.6 is 22.7 Å². The quantitative estimate of drug-likeness (QED) is 0.649. The van der Waals surface area contributed by atoms with Crippen molar-refractivity contribution in [1.29, 1.82) is 0 Å². The van der Waals surface area contributed by atoms with Gasteiger partial charge in [0.1, 0.15) is 9.77 Å². The lowest BCUT2D eigenvalue weighted by atomic mass is 10.2. The third-order valence-corrected chi connectivity index (χ3v) is 9.13. The number of anilines is 1. The van der Waals surface area contributed by atoms with Gasteiger partial charge in [0.05, 0.1) is 19.3 Å². The van der Waals surface area contributed by atoms with E-state index in [1.165, 1.54) is 28.8 Å². The average molecular weight is 471 g/mol. The van der Waals surface area contributed by atoms with E-state index >= 15 is 0 Å². The molecule has 1 saturated carbocycles. The summed E-state index contributed by atoms with van der Waals surface area (Å²) < 4.78 is 32.2. The summed E-state index contributed by atoms with van der Waals surface area (Å²) in [5.74, 6) is -0.668. The molecule has 0 atom stereocenters. The second-order valence-electron chi connectivity index (χ2n) is 7.16. The number of nitrogens with one attached hydrogen (secondary N) is 2. The molecule has 1 aliphatic carbocycles. The number of hydrogen-bond acceptors (Lipinski definition) is 8. The molecule has 9 nitrogen and oxygen atoms in total. The molecule has 0 spiro atoms. The van der Waals surface area contributed by atoms with Gasteiger partial charge in [-0.05, 0) is 24.3 Å². The second-order valence-corrected chi connectivity index (χ2v) is 11.1. The number of fused-ring (bicyclic) bond motifs is 1. The van der Waals surface area contributed by atoms with Crippen molar-refractivity contribution in [3.05, 3.63) is 26.9 Å². The fourth-order valence-corrected chi connectivity index (χ4v) is 7.52.